The van der Waals surface area contributed by atoms with Crippen molar-refractivity contribution < 1.29 is 14.6 Å². The lowest BCUT2D eigenvalue weighted by Crippen LogP contribution is -2.23. The van der Waals surface area contributed by atoms with E-state index in [1.54, 1.807) is 19.5 Å². The van der Waals surface area contributed by atoms with Crippen LogP contribution in [0, 0.1) is 0 Å². The number of aromatic nitrogens is 1. The Bertz CT molecular complexity index is 315. The van der Waals surface area contributed by atoms with Gasteiger partial charge in [0, 0.05) is 12.7 Å². The highest BCUT2D eigenvalue weighted by molar-refractivity contribution is 5.64. The van der Waals surface area contributed by atoms with E-state index in [4.69, 9.17) is 9.84 Å². The molecule has 5 heteroatoms. The number of ether oxygens (including phenoxy) is 1. The molecule has 0 saturated carbocycles. The average molecular weight is 196 g/mol. The number of nitrogens with zero attached hydrogens (tertiary/aromatic N) is 1. The van der Waals surface area contributed by atoms with Gasteiger partial charge in [-0.15, -0.1) is 0 Å². The highest BCUT2D eigenvalue weighted by Gasteiger charge is 1.98. The normalized spacial score (nSPS) is 9.50. The lowest BCUT2D eigenvalue weighted by atomic mass is 10.2. The third-order valence-electron chi connectivity index (χ3n) is 1.70. The van der Waals surface area contributed by atoms with Crippen molar-refractivity contribution in [1.82, 2.24) is 10.3 Å². The van der Waals surface area contributed by atoms with Gasteiger partial charge < -0.3 is 15.2 Å². The van der Waals surface area contributed by atoms with Crippen molar-refractivity contribution in [2.75, 3.05) is 13.7 Å². The third-order valence-corrected chi connectivity index (χ3v) is 1.70. The predicted octanol–water partition coefficient (Wildman–Crippen LogP) is 0.900. The Kier molecular flexibility index (Phi) is 3.72. The maximum atomic E-state index is 10.2. The van der Waals surface area contributed by atoms with Crippen molar-refractivity contribution in [1.29, 1.82) is 0 Å². The Labute approximate surface area is 81.7 Å². The molecule has 0 fully saturated rings. The Morgan fingerprint density at radius 3 is 3.07 bits per heavy atom. The van der Waals surface area contributed by atoms with E-state index in [-0.39, 0.29) is 0 Å². The Morgan fingerprint density at radius 1 is 1.64 bits per heavy atom. The van der Waals surface area contributed by atoms with Crippen LogP contribution in [0.5, 0.6) is 5.75 Å². The second-order valence-corrected chi connectivity index (χ2v) is 2.71. The number of methoxy groups -OCH3 is 1. The van der Waals surface area contributed by atoms with Gasteiger partial charge in [0.15, 0.2) is 0 Å². The lowest BCUT2D eigenvalue weighted by molar-refractivity contribution is 0.194. The molecule has 0 aliphatic carbocycles. The summed E-state index contributed by atoms with van der Waals surface area (Å²) in [4.78, 5) is 14.1. The van der Waals surface area contributed by atoms with E-state index < -0.39 is 6.09 Å². The van der Waals surface area contributed by atoms with Gasteiger partial charge >= 0.3 is 6.09 Å². The molecule has 1 heterocycles. The molecule has 0 unspecified atom stereocenters. The lowest BCUT2D eigenvalue weighted by Gasteiger charge is -2.03. The summed E-state index contributed by atoms with van der Waals surface area (Å²) in [7, 11) is 1.57. The molecule has 1 aromatic heterocycles. The number of amides is 1. The first kappa shape index (κ1) is 10.3. The van der Waals surface area contributed by atoms with E-state index in [1.807, 2.05) is 6.07 Å². The summed E-state index contributed by atoms with van der Waals surface area (Å²) in [5.41, 5.74) is 0.943. The highest BCUT2D eigenvalue weighted by Crippen LogP contribution is 2.10. The van der Waals surface area contributed by atoms with E-state index in [0.29, 0.717) is 18.7 Å². The monoisotopic (exact) mass is 196 g/mol. The van der Waals surface area contributed by atoms with Crippen LogP contribution in [0.25, 0.3) is 0 Å². The van der Waals surface area contributed by atoms with E-state index >= 15 is 0 Å². The molecule has 76 valence electrons. The zero-order chi connectivity index (χ0) is 10.4. The molecular weight excluding hydrogens is 184 g/mol. The molecule has 14 heavy (non-hydrogen) atoms. The molecule has 2 N–H and O–H groups in total. The molecular formula is C9H12N2O3. The van der Waals surface area contributed by atoms with Gasteiger partial charge in [-0.2, -0.15) is 0 Å². The summed E-state index contributed by atoms with van der Waals surface area (Å²) < 4.78 is 4.98. The van der Waals surface area contributed by atoms with Crippen LogP contribution in [0.1, 0.15) is 5.56 Å². The van der Waals surface area contributed by atoms with E-state index in [9.17, 15) is 4.79 Å². The topological polar surface area (TPSA) is 71.5 Å². The van der Waals surface area contributed by atoms with Crippen molar-refractivity contribution in [3.05, 3.63) is 24.0 Å². The molecule has 5 nitrogen and oxygen atoms in total. The van der Waals surface area contributed by atoms with Crippen LogP contribution in [0.15, 0.2) is 18.5 Å². The largest absolute Gasteiger partial charge is 0.495 e. The molecule has 0 bridgehead atoms. The van der Waals surface area contributed by atoms with Crippen LogP contribution >= 0.6 is 0 Å². The van der Waals surface area contributed by atoms with Gasteiger partial charge in [-0.25, -0.2) is 4.79 Å². The van der Waals surface area contributed by atoms with Crippen LogP contribution in [-0.4, -0.2) is 29.8 Å². The van der Waals surface area contributed by atoms with Crippen molar-refractivity contribution in [2.45, 2.75) is 6.42 Å². The summed E-state index contributed by atoms with van der Waals surface area (Å²) in [5, 5.41) is 10.6. The SMILES string of the molecule is COc1cncc(CCNC(=O)O)c1. The second-order valence-electron chi connectivity index (χ2n) is 2.71. The van der Waals surface area contributed by atoms with Crippen molar-refractivity contribution in [3.8, 4) is 5.75 Å². The number of nitrogens with one attached hydrogen (secondary N) is 1. The van der Waals surface area contributed by atoms with Gasteiger partial charge in [-0.3, -0.25) is 4.98 Å². The van der Waals surface area contributed by atoms with Gasteiger partial charge in [0.2, 0.25) is 0 Å². The van der Waals surface area contributed by atoms with Crippen molar-refractivity contribution >= 4 is 6.09 Å². The zero-order valence-corrected chi connectivity index (χ0v) is 7.86. The molecule has 0 aromatic carbocycles. The minimum atomic E-state index is -1.01. The third kappa shape index (κ3) is 3.30. The first-order chi connectivity index (χ1) is 6.72. The molecule has 1 amide bonds. The second kappa shape index (κ2) is 5.06. The number of hydrogen-bond donors (Lipinski definition) is 2. The van der Waals surface area contributed by atoms with Crippen LogP contribution in [0.2, 0.25) is 0 Å². The van der Waals surface area contributed by atoms with Gasteiger partial charge in [0.1, 0.15) is 5.75 Å². The van der Waals surface area contributed by atoms with E-state index in [0.717, 1.165) is 5.56 Å². The van der Waals surface area contributed by atoms with Gasteiger partial charge in [0.05, 0.1) is 13.3 Å². The molecule has 1 rings (SSSR count). The fourth-order valence-electron chi connectivity index (χ4n) is 1.03. The Hall–Kier alpha value is -1.78. The number of carbonyl (C=O) groups is 1. The first-order valence-electron chi connectivity index (χ1n) is 4.17. The van der Waals surface area contributed by atoms with E-state index in [2.05, 4.69) is 10.3 Å². The van der Waals surface area contributed by atoms with Crippen LogP contribution < -0.4 is 10.1 Å². The summed E-state index contributed by atoms with van der Waals surface area (Å²) >= 11 is 0. The van der Waals surface area contributed by atoms with Crippen LogP contribution in [-0.2, 0) is 6.42 Å². The molecule has 0 aliphatic heterocycles. The summed E-state index contributed by atoms with van der Waals surface area (Å²) in [5.74, 6) is 0.679. The predicted molar refractivity (Wildman–Crippen MR) is 50.5 cm³/mol. The minimum Gasteiger partial charge on any atom is -0.495 e. The van der Waals surface area contributed by atoms with E-state index in [1.165, 1.54) is 0 Å². The molecule has 1 aromatic rings. The molecule has 0 radical (unpaired) electrons. The first-order valence-corrected chi connectivity index (χ1v) is 4.17. The van der Waals surface area contributed by atoms with Crippen LogP contribution in [0.4, 0.5) is 4.79 Å². The smallest absolute Gasteiger partial charge is 0.404 e. The Morgan fingerprint density at radius 2 is 2.43 bits per heavy atom. The molecule has 0 saturated heterocycles. The standard InChI is InChI=1S/C9H12N2O3/c1-14-8-4-7(5-10-6-8)2-3-11-9(12)13/h4-6,11H,2-3H2,1H3,(H,12,13). The zero-order valence-electron chi connectivity index (χ0n) is 7.86. The molecule has 0 atom stereocenters. The maximum absolute atomic E-state index is 10.2. The number of rotatable bonds is 4. The van der Waals surface area contributed by atoms with Gasteiger partial charge in [0.25, 0.3) is 0 Å². The quantitative estimate of drug-likeness (QED) is 0.750. The summed E-state index contributed by atoms with van der Waals surface area (Å²) in [6, 6.07) is 1.83. The van der Waals surface area contributed by atoms with Crippen LogP contribution in [0.3, 0.4) is 0 Å². The maximum Gasteiger partial charge on any atom is 0.404 e. The summed E-state index contributed by atoms with van der Waals surface area (Å²) in [6.45, 7) is 0.379. The molecule has 0 spiro atoms. The number of hydrogen-bond acceptors (Lipinski definition) is 3. The highest BCUT2D eigenvalue weighted by atomic mass is 16.5. The fraction of sp³-hybridized carbons (Fsp3) is 0.333. The van der Waals surface area contributed by atoms with Crippen molar-refractivity contribution in [3.63, 3.8) is 0 Å². The van der Waals surface area contributed by atoms with Gasteiger partial charge in [-0.05, 0) is 18.1 Å². The fourth-order valence-corrected chi connectivity index (χ4v) is 1.03. The number of carboxylic acid groups (broad SMARTS) is 1. The van der Waals surface area contributed by atoms with Crippen molar-refractivity contribution in [2.24, 2.45) is 0 Å². The number of pyridine rings is 1. The summed E-state index contributed by atoms with van der Waals surface area (Å²) in [6.07, 6.45) is 2.89. The van der Waals surface area contributed by atoms with Gasteiger partial charge in [-0.1, -0.05) is 0 Å². The average Bonchev–Trinajstić information content (AvgIpc) is 2.18. The Balaban J connectivity index is 2.46. The minimum absolute atomic E-state index is 0.379. The molecule has 0 aliphatic rings.